The number of carbonyl (C=O) groups is 3. The molecule has 1 fully saturated rings. The lowest BCUT2D eigenvalue weighted by Crippen LogP contribution is -2.54. The Bertz CT molecular complexity index is 1010. The van der Waals surface area contributed by atoms with Crippen molar-refractivity contribution in [2.75, 3.05) is 19.1 Å². The topological polar surface area (TPSA) is 84.9 Å². The summed E-state index contributed by atoms with van der Waals surface area (Å²) in [5, 5.41) is 2.22. The minimum atomic E-state index is -0.784. The number of anilines is 1. The van der Waals surface area contributed by atoms with Gasteiger partial charge in [0, 0.05) is 5.56 Å². The molecule has 3 rings (SSSR count). The van der Waals surface area contributed by atoms with Gasteiger partial charge < -0.3 is 9.47 Å². The molecule has 0 unspecified atom stereocenters. The molecule has 7 nitrogen and oxygen atoms in total. The highest BCUT2D eigenvalue weighted by atomic mass is 16.5. The maximum absolute atomic E-state index is 13.0. The Morgan fingerprint density at radius 2 is 1.68 bits per heavy atom. The van der Waals surface area contributed by atoms with Crippen LogP contribution in [0.4, 0.5) is 10.5 Å². The van der Waals surface area contributed by atoms with Crippen LogP contribution in [-0.4, -0.2) is 32.1 Å². The van der Waals surface area contributed by atoms with E-state index in [1.54, 1.807) is 30.3 Å². The average Bonchev–Trinajstić information content (AvgIpc) is 2.67. The van der Waals surface area contributed by atoms with Crippen molar-refractivity contribution < 1.29 is 23.9 Å². The molecule has 0 aromatic heterocycles. The molecule has 0 bridgehead atoms. The highest BCUT2D eigenvalue weighted by Gasteiger charge is 2.37. The monoisotopic (exact) mass is 380 g/mol. The Morgan fingerprint density at radius 1 is 0.929 bits per heavy atom. The summed E-state index contributed by atoms with van der Waals surface area (Å²) < 4.78 is 10.5. The lowest BCUT2D eigenvalue weighted by Gasteiger charge is -2.27. The zero-order chi connectivity index (χ0) is 20.4. The van der Waals surface area contributed by atoms with E-state index < -0.39 is 17.8 Å². The van der Waals surface area contributed by atoms with Crippen LogP contribution in [0.3, 0.4) is 0 Å². The maximum atomic E-state index is 13.0. The molecule has 0 radical (unpaired) electrons. The molecule has 144 valence electrons. The molecule has 0 spiro atoms. The third-order valence-electron chi connectivity index (χ3n) is 4.59. The first kappa shape index (κ1) is 19.2. The van der Waals surface area contributed by atoms with Crippen molar-refractivity contribution in [1.29, 1.82) is 0 Å². The van der Waals surface area contributed by atoms with E-state index in [1.807, 2.05) is 19.9 Å². The van der Waals surface area contributed by atoms with Crippen LogP contribution in [0, 0.1) is 13.8 Å². The second-order valence-corrected chi connectivity index (χ2v) is 6.33. The zero-order valence-corrected chi connectivity index (χ0v) is 16.0. The van der Waals surface area contributed by atoms with E-state index in [4.69, 9.17) is 9.47 Å². The number of hydrogen-bond donors (Lipinski definition) is 1. The molecule has 28 heavy (non-hydrogen) atoms. The van der Waals surface area contributed by atoms with Gasteiger partial charge in [0.25, 0.3) is 11.8 Å². The molecule has 1 N–H and O–H groups in total. The average molecular weight is 380 g/mol. The number of barbiturate groups is 1. The number of carbonyl (C=O) groups excluding carboxylic acids is 3. The van der Waals surface area contributed by atoms with Gasteiger partial charge in [-0.2, -0.15) is 0 Å². The van der Waals surface area contributed by atoms with Crippen LogP contribution in [0.2, 0.25) is 0 Å². The first-order valence-corrected chi connectivity index (χ1v) is 8.56. The third-order valence-corrected chi connectivity index (χ3v) is 4.59. The summed E-state index contributed by atoms with van der Waals surface area (Å²) in [5.41, 5.74) is 2.65. The number of nitrogens with zero attached hydrogens (tertiary/aromatic N) is 1. The number of rotatable bonds is 4. The van der Waals surface area contributed by atoms with Gasteiger partial charge in [-0.3, -0.25) is 14.9 Å². The fourth-order valence-corrected chi connectivity index (χ4v) is 2.86. The third kappa shape index (κ3) is 3.46. The van der Waals surface area contributed by atoms with Gasteiger partial charge in [0.05, 0.1) is 19.9 Å². The summed E-state index contributed by atoms with van der Waals surface area (Å²) in [5.74, 6) is -0.469. The van der Waals surface area contributed by atoms with Crippen LogP contribution in [0.5, 0.6) is 11.5 Å². The molecule has 1 aliphatic rings. The summed E-state index contributed by atoms with van der Waals surface area (Å²) in [6, 6.07) is 9.44. The van der Waals surface area contributed by atoms with Crippen molar-refractivity contribution in [3.63, 3.8) is 0 Å². The van der Waals surface area contributed by atoms with E-state index >= 15 is 0 Å². The number of urea groups is 1. The van der Waals surface area contributed by atoms with Crippen molar-refractivity contribution in [1.82, 2.24) is 5.32 Å². The SMILES string of the molecule is COc1ccc(OC)c(/C=C2\C(=O)NC(=O)N(c3ccc(C)c(C)c3)C2=O)c1. The first-order valence-electron chi connectivity index (χ1n) is 8.56. The van der Waals surface area contributed by atoms with Crippen molar-refractivity contribution >= 4 is 29.6 Å². The van der Waals surface area contributed by atoms with E-state index in [2.05, 4.69) is 5.32 Å². The van der Waals surface area contributed by atoms with Gasteiger partial charge >= 0.3 is 6.03 Å². The molecular formula is C21H20N2O5. The van der Waals surface area contributed by atoms with Gasteiger partial charge in [-0.05, 0) is 61.4 Å². The van der Waals surface area contributed by atoms with E-state index in [-0.39, 0.29) is 5.57 Å². The number of benzene rings is 2. The van der Waals surface area contributed by atoms with E-state index in [1.165, 1.54) is 20.3 Å². The Kier molecular flexibility index (Phi) is 5.17. The lowest BCUT2D eigenvalue weighted by atomic mass is 10.0. The van der Waals surface area contributed by atoms with Crippen LogP contribution in [0.25, 0.3) is 6.08 Å². The summed E-state index contributed by atoms with van der Waals surface area (Å²) in [4.78, 5) is 38.6. The Morgan fingerprint density at radius 3 is 2.32 bits per heavy atom. The minimum Gasteiger partial charge on any atom is -0.497 e. The van der Waals surface area contributed by atoms with Crippen LogP contribution >= 0.6 is 0 Å². The molecule has 1 aliphatic heterocycles. The zero-order valence-electron chi connectivity index (χ0n) is 16.0. The molecule has 0 saturated carbocycles. The predicted molar refractivity (Wildman–Crippen MR) is 104 cm³/mol. The van der Waals surface area contributed by atoms with Crippen LogP contribution < -0.4 is 19.7 Å². The van der Waals surface area contributed by atoms with Crippen molar-refractivity contribution in [3.8, 4) is 11.5 Å². The summed E-state index contributed by atoms with van der Waals surface area (Å²) in [6.07, 6.45) is 1.39. The number of aryl methyl sites for hydroxylation is 2. The number of imide groups is 2. The molecule has 7 heteroatoms. The molecule has 0 atom stereocenters. The molecule has 0 aliphatic carbocycles. The van der Waals surface area contributed by atoms with Gasteiger partial charge in [0.15, 0.2) is 0 Å². The predicted octanol–water partition coefficient (Wildman–Crippen LogP) is 2.99. The highest BCUT2D eigenvalue weighted by molar-refractivity contribution is 6.39. The standard InChI is InChI=1S/C21H20N2O5/c1-12-5-6-15(9-13(12)2)23-20(25)17(19(24)22-21(23)26)11-14-10-16(27-3)7-8-18(14)28-4/h5-11H,1-4H3,(H,22,24,26)/b17-11+. The van der Waals surface area contributed by atoms with Crippen LogP contribution in [0.1, 0.15) is 16.7 Å². The Balaban J connectivity index is 2.07. The van der Waals surface area contributed by atoms with Crippen molar-refractivity contribution in [2.45, 2.75) is 13.8 Å². The lowest BCUT2D eigenvalue weighted by molar-refractivity contribution is -0.122. The molecular weight excluding hydrogens is 360 g/mol. The molecule has 2 aromatic rings. The Hall–Kier alpha value is -3.61. The van der Waals surface area contributed by atoms with Gasteiger partial charge in [0.2, 0.25) is 0 Å². The quantitative estimate of drug-likeness (QED) is 0.651. The summed E-state index contributed by atoms with van der Waals surface area (Å²) in [7, 11) is 2.99. The number of ether oxygens (including phenoxy) is 2. The molecule has 4 amide bonds. The highest BCUT2D eigenvalue weighted by Crippen LogP contribution is 2.29. The Labute approximate surface area is 162 Å². The second kappa shape index (κ2) is 7.56. The number of methoxy groups -OCH3 is 2. The normalized spacial score (nSPS) is 15.6. The molecule has 1 heterocycles. The second-order valence-electron chi connectivity index (χ2n) is 6.33. The minimum absolute atomic E-state index is 0.176. The van der Waals surface area contributed by atoms with Crippen molar-refractivity contribution in [2.24, 2.45) is 0 Å². The maximum Gasteiger partial charge on any atom is 0.335 e. The van der Waals surface area contributed by atoms with Gasteiger partial charge in [-0.1, -0.05) is 6.07 Å². The number of hydrogen-bond acceptors (Lipinski definition) is 5. The fourth-order valence-electron chi connectivity index (χ4n) is 2.86. The smallest absolute Gasteiger partial charge is 0.335 e. The number of nitrogens with one attached hydrogen (secondary N) is 1. The van der Waals surface area contributed by atoms with Gasteiger partial charge in [-0.15, -0.1) is 0 Å². The molecule has 2 aromatic carbocycles. The number of amides is 4. The van der Waals surface area contributed by atoms with Gasteiger partial charge in [0.1, 0.15) is 17.1 Å². The van der Waals surface area contributed by atoms with Crippen molar-refractivity contribution in [3.05, 3.63) is 58.7 Å². The van der Waals surface area contributed by atoms with Gasteiger partial charge in [-0.25, -0.2) is 9.69 Å². The largest absolute Gasteiger partial charge is 0.497 e. The summed E-state index contributed by atoms with van der Waals surface area (Å²) in [6.45, 7) is 3.81. The first-order chi connectivity index (χ1) is 13.3. The van der Waals surface area contributed by atoms with E-state index in [9.17, 15) is 14.4 Å². The summed E-state index contributed by atoms with van der Waals surface area (Å²) >= 11 is 0. The van der Waals surface area contributed by atoms with E-state index in [0.717, 1.165) is 16.0 Å². The van der Waals surface area contributed by atoms with Crippen LogP contribution in [0.15, 0.2) is 42.0 Å². The van der Waals surface area contributed by atoms with E-state index in [0.29, 0.717) is 22.7 Å². The van der Waals surface area contributed by atoms with Crippen LogP contribution in [-0.2, 0) is 9.59 Å². The molecule has 1 saturated heterocycles. The fraction of sp³-hybridized carbons (Fsp3) is 0.190.